The molecule has 3 N–H and O–H groups in total. The van der Waals surface area contributed by atoms with E-state index >= 15 is 0 Å². The molecule has 2 aromatic carbocycles. The normalized spacial score (nSPS) is 11.8. The van der Waals surface area contributed by atoms with Crippen molar-refractivity contribution in [2.45, 2.75) is 18.6 Å². The van der Waals surface area contributed by atoms with Crippen LogP contribution in [-0.2, 0) is 15.8 Å². The average Bonchev–Trinajstić information content (AvgIpc) is 2.77. The van der Waals surface area contributed by atoms with Crippen LogP contribution in [0.3, 0.4) is 0 Å². The molecule has 0 saturated heterocycles. The van der Waals surface area contributed by atoms with Crippen LogP contribution in [0.1, 0.15) is 18.4 Å². The third kappa shape index (κ3) is 7.06. The predicted molar refractivity (Wildman–Crippen MR) is 124 cm³/mol. The van der Waals surface area contributed by atoms with Gasteiger partial charge in [-0.1, -0.05) is 0 Å². The molecule has 0 aliphatic rings. The third-order valence-corrected chi connectivity index (χ3v) is 8.06. The summed E-state index contributed by atoms with van der Waals surface area (Å²) in [6.45, 7) is 0.925. The van der Waals surface area contributed by atoms with Gasteiger partial charge in [-0.25, -0.2) is 0 Å². The Morgan fingerprint density at radius 2 is 2.00 bits per heavy atom. The van der Waals surface area contributed by atoms with E-state index in [1.54, 1.807) is 12.1 Å². The van der Waals surface area contributed by atoms with E-state index in [0.29, 0.717) is 46.8 Å². The van der Waals surface area contributed by atoms with E-state index in [2.05, 4.69) is 19.7 Å². The number of nitrogens with two attached hydrogens (primary N) is 1. The zero-order chi connectivity index (χ0) is 23.0. The van der Waals surface area contributed by atoms with Crippen LogP contribution in [0.15, 0.2) is 48.8 Å². The number of rotatable bonds is 11. The minimum atomic E-state index is -3.42. The number of aromatic nitrogens is 3. The van der Waals surface area contributed by atoms with Gasteiger partial charge < -0.3 is 0 Å². The number of sulfonamides is 1. The third-order valence-electron chi connectivity index (χ3n) is 4.47. The molecule has 0 radical (unpaired) electrons. The van der Waals surface area contributed by atoms with Crippen molar-refractivity contribution in [2.75, 3.05) is 20.2 Å². The Kier molecular flexibility index (Phi) is 8.69. The maximum atomic E-state index is 13.5. The van der Waals surface area contributed by atoms with Gasteiger partial charge in [0.05, 0.1) is 0 Å². The fourth-order valence-corrected chi connectivity index (χ4v) is 6.20. The molecule has 0 amide bonds. The molecule has 8 nitrogen and oxygen atoms in total. The predicted octanol–water partition coefficient (Wildman–Crippen LogP) is 0.232. The van der Waals surface area contributed by atoms with Crippen molar-refractivity contribution >= 4 is 34.7 Å². The first-order chi connectivity index (χ1) is 15.4. The number of halogens is 1. The Morgan fingerprint density at radius 1 is 1.16 bits per heavy atom. The molecule has 1 heterocycles. The van der Waals surface area contributed by atoms with E-state index in [0.717, 1.165) is 10.8 Å². The molecule has 0 spiro atoms. The molecule has 0 aliphatic carbocycles. The number of nitrogens with zero attached hydrogens (tertiary/aromatic N) is 3. The SMILES string of the molecule is COc1cc(F)ccc1-c1ncnc([AsH]c2cccc(CS(=O)(=O)NCCCCN)c2)n1. The summed E-state index contributed by atoms with van der Waals surface area (Å²) in [5.74, 6) is 0.239. The minimum absolute atomic E-state index is 0.0924. The monoisotopic (exact) mass is 521 g/mol. The van der Waals surface area contributed by atoms with Crippen LogP contribution < -0.4 is 24.2 Å². The number of hydrogen-bond donors (Lipinski definition) is 2. The van der Waals surface area contributed by atoms with E-state index < -0.39 is 31.6 Å². The van der Waals surface area contributed by atoms with Crippen LogP contribution in [-0.4, -0.2) is 59.3 Å². The quantitative estimate of drug-likeness (QED) is 0.274. The van der Waals surface area contributed by atoms with Crippen LogP contribution in [0.25, 0.3) is 11.4 Å². The molecule has 3 aromatic rings. The summed E-state index contributed by atoms with van der Waals surface area (Å²) in [5, 5.41) is 0. The Balaban J connectivity index is 1.73. The van der Waals surface area contributed by atoms with Crippen molar-refractivity contribution in [3.8, 4) is 17.1 Å². The van der Waals surface area contributed by atoms with Crippen molar-refractivity contribution in [3.63, 3.8) is 0 Å². The van der Waals surface area contributed by atoms with Crippen LogP contribution in [0, 0.1) is 5.82 Å². The van der Waals surface area contributed by atoms with Gasteiger partial charge in [0, 0.05) is 0 Å². The second-order valence-electron chi connectivity index (χ2n) is 6.95. The van der Waals surface area contributed by atoms with Crippen LogP contribution in [0.5, 0.6) is 5.75 Å². The molecular formula is C21H25AsFN5O3S. The van der Waals surface area contributed by atoms with Gasteiger partial charge >= 0.3 is 194 Å². The van der Waals surface area contributed by atoms with Gasteiger partial charge in [0.2, 0.25) is 0 Å². The molecule has 3 rings (SSSR count). The second kappa shape index (κ2) is 11.5. The maximum absolute atomic E-state index is 13.5. The summed E-state index contributed by atoms with van der Waals surface area (Å²) in [6, 6.07) is 11.6. The van der Waals surface area contributed by atoms with Crippen molar-refractivity contribution < 1.29 is 17.5 Å². The van der Waals surface area contributed by atoms with Gasteiger partial charge in [-0.2, -0.15) is 0 Å². The Hall–Kier alpha value is -2.39. The first-order valence-corrected chi connectivity index (χ1v) is 13.7. The van der Waals surface area contributed by atoms with E-state index in [-0.39, 0.29) is 5.75 Å². The van der Waals surface area contributed by atoms with Gasteiger partial charge in [-0.15, -0.1) is 0 Å². The molecule has 1 unspecified atom stereocenters. The Morgan fingerprint density at radius 3 is 2.78 bits per heavy atom. The molecule has 0 bridgehead atoms. The van der Waals surface area contributed by atoms with Crippen molar-refractivity contribution in [2.24, 2.45) is 5.73 Å². The first kappa shape index (κ1) is 24.3. The molecule has 170 valence electrons. The van der Waals surface area contributed by atoms with E-state index in [9.17, 15) is 12.8 Å². The number of benzene rings is 2. The molecule has 1 atom stereocenters. The number of nitrogens with one attached hydrogen (secondary N) is 1. The molecular weight excluding hydrogens is 496 g/mol. The molecule has 0 aliphatic heterocycles. The summed E-state index contributed by atoms with van der Waals surface area (Å²) >= 11 is -0.943. The van der Waals surface area contributed by atoms with Crippen molar-refractivity contribution in [1.82, 2.24) is 19.7 Å². The van der Waals surface area contributed by atoms with E-state index in [1.165, 1.54) is 25.6 Å². The number of methoxy groups -OCH3 is 1. The summed E-state index contributed by atoms with van der Waals surface area (Å²) in [4.78, 5) is 13.0. The summed E-state index contributed by atoms with van der Waals surface area (Å²) in [6.07, 6.45) is 2.91. The first-order valence-electron chi connectivity index (χ1n) is 9.96. The van der Waals surface area contributed by atoms with Crippen LogP contribution >= 0.6 is 0 Å². The van der Waals surface area contributed by atoms with Crippen LogP contribution in [0.4, 0.5) is 4.39 Å². The van der Waals surface area contributed by atoms with Gasteiger partial charge in [0.25, 0.3) is 0 Å². The Bertz CT molecular complexity index is 1160. The van der Waals surface area contributed by atoms with Crippen LogP contribution in [0.2, 0.25) is 0 Å². The van der Waals surface area contributed by atoms with E-state index in [1.807, 2.05) is 18.2 Å². The van der Waals surface area contributed by atoms with Crippen molar-refractivity contribution in [1.29, 1.82) is 0 Å². The molecule has 1 aromatic heterocycles. The van der Waals surface area contributed by atoms with E-state index in [4.69, 9.17) is 10.5 Å². The average molecular weight is 521 g/mol. The fourth-order valence-electron chi connectivity index (χ4n) is 2.97. The second-order valence-corrected chi connectivity index (χ2v) is 11.4. The van der Waals surface area contributed by atoms with Gasteiger partial charge in [0.15, 0.2) is 0 Å². The fraction of sp³-hybridized carbons (Fsp3) is 0.286. The van der Waals surface area contributed by atoms with Gasteiger partial charge in [-0.05, 0) is 0 Å². The van der Waals surface area contributed by atoms with Crippen molar-refractivity contribution in [3.05, 3.63) is 60.2 Å². The van der Waals surface area contributed by atoms with Gasteiger partial charge in [-0.3, -0.25) is 0 Å². The number of ether oxygens (including phenoxy) is 1. The molecule has 11 heteroatoms. The van der Waals surface area contributed by atoms with Gasteiger partial charge in [0.1, 0.15) is 0 Å². The summed E-state index contributed by atoms with van der Waals surface area (Å²) < 4.78 is 47.6. The molecule has 0 saturated carbocycles. The number of hydrogen-bond acceptors (Lipinski definition) is 7. The zero-order valence-corrected chi connectivity index (χ0v) is 20.5. The summed E-state index contributed by atoms with van der Waals surface area (Å²) in [7, 11) is -1.96. The summed E-state index contributed by atoms with van der Waals surface area (Å²) in [5.41, 5.74) is 6.71. The standard InChI is InChI=1S/C21H25AsFN5O3S/c1-31-19-12-17(23)7-8-18(19)20-25-14-26-21(28-20)22-16-6-4-5-15(11-16)13-32(29,30)27-10-3-2-9-24/h4-8,11-12,14,22,27H,2-3,9-10,13,24H2,1H3. The Labute approximate surface area is 193 Å². The zero-order valence-electron chi connectivity index (χ0n) is 17.6. The number of unbranched alkanes of at least 4 members (excludes halogenated alkanes) is 1. The topological polar surface area (TPSA) is 120 Å². The molecule has 32 heavy (non-hydrogen) atoms. The molecule has 0 fully saturated rings.